The Hall–Kier alpha value is -0.800. The van der Waals surface area contributed by atoms with E-state index in [-0.39, 0.29) is 0 Å². The molecule has 0 amide bonds. The fourth-order valence-electron chi connectivity index (χ4n) is 1.87. The lowest BCUT2D eigenvalue weighted by Crippen LogP contribution is -2.36. The molecule has 0 spiro atoms. The maximum atomic E-state index is 5.52. The normalized spacial score (nSPS) is 21.7. The summed E-state index contributed by atoms with van der Waals surface area (Å²) in [6.45, 7) is 3.19. The molecule has 2 heterocycles. The Bertz CT molecular complexity index is 321. The van der Waals surface area contributed by atoms with Gasteiger partial charge < -0.3 is 10.1 Å². The number of allylic oxidation sites excluding steroid dienone is 1. The number of hydrogen-bond donors (Lipinski definition) is 1. The second-order valence-electron chi connectivity index (χ2n) is 4.30. The van der Waals surface area contributed by atoms with Gasteiger partial charge in [-0.25, -0.2) is 0 Å². The van der Waals surface area contributed by atoms with Gasteiger partial charge in [0.05, 0.1) is 6.26 Å². The highest BCUT2D eigenvalue weighted by Gasteiger charge is 2.12. The summed E-state index contributed by atoms with van der Waals surface area (Å²) in [6.07, 6.45) is 7.67. The predicted molar refractivity (Wildman–Crippen MR) is 68.7 cm³/mol. The molecule has 3 heteroatoms. The molecule has 1 aliphatic rings. The third kappa shape index (κ3) is 3.65. The van der Waals surface area contributed by atoms with Crippen LogP contribution < -0.4 is 5.32 Å². The Morgan fingerprint density at radius 3 is 3.25 bits per heavy atom. The highest BCUT2D eigenvalue weighted by Crippen LogP contribution is 2.12. The van der Waals surface area contributed by atoms with E-state index in [9.17, 15) is 0 Å². The maximum absolute atomic E-state index is 5.52. The van der Waals surface area contributed by atoms with Gasteiger partial charge in [-0.1, -0.05) is 6.07 Å². The largest absolute Gasteiger partial charge is 0.497 e. The van der Waals surface area contributed by atoms with Crippen molar-refractivity contribution in [2.24, 2.45) is 0 Å². The number of ether oxygens (including phenoxy) is 1. The van der Waals surface area contributed by atoms with Crippen molar-refractivity contribution in [3.63, 3.8) is 0 Å². The Kier molecular flexibility index (Phi) is 4.43. The predicted octanol–water partition coefficient (Wildman–Crippen LogP) is 2.96. The average Bonchev–Trinajstić information content (AvgIpc) is 2.81. The van der Waals surface area contributed by atoms with Crippen LogP contribution in [0.4, 0.5) is 0 Å². The van der Waals surface area contributed by atoms with Gasteiger partial charge in [-0.2, -0.15) is 0 Å². The Balaban J connectivity index is 1.67. The molecule has 0 saturated heterocycles. The first-order chi connectivity index (χ1) is 7.84. The summed E-state index contributed by atoms with van der Waals surface area (Å²) in [6, 6.07) is 4.83. The molecule has 0 saturated carbocycles. The maximum Gasteiger partial charge on any atom is 0.110 e. The molecule has 0 aliphatic carbocycles. The quantitative estimate of drug-likeness (QED) is 0.850. The lowest BCUT2D eigenvalue weighted by molar-refractivity contribution is 0.120. The van der Waals surface area contributed by atoms with E-state index in [0.29, 0.717) is 12.1 Å². The molecule has 2 atom stereocenters. The molecular weight excluding hydrogens is 218 g/mol. The van der Waals surface area contributed by atoms with Gasteiger partial charge in [0.15, 0.2) is 0 Å². The van der Waals surface area contributed by atoms with Gasteiger partial charge in [-0.3, -0.25) is 0 Å². The third-order valence-electron chi connectivity index (χ3n) is 2.80. The van der Waals surface area contributed by atoms with Crippen molar-refractivity contribution >= 4 is 11.3 Å². The highest BCUT2D eigenvalue weighted by atomic mass is 32.1. The first kappa shape index (κ1) is 11.7. The Morgan fingerprint density at radius 1 is 1.62 bits per heavy atom. The molecule has 1 N–H and O–H groups in total. The third-order valence-corrected chi connectivity index (χ3v) is 3.70. The van der Waals surface area contributed by atoms with E-state index in [2.05, 4.69) is 35.8 Å². The second kappa shape index (κ2) is 6.06. The molecule has 88 valence electrons. The molecule has 0 bridgehead atoms. The van der Waals surface area contributed by atoms with Crippen molar-refractivity contribution in [1.29, 1.82) is 0 Å². The van der Waals surface area contributed by atoms with E-state index in [0.717, 1.165) is 25.8 Å². The number of rotatable bonds is 5. The number of thiophene rings is 1. The summed E-state index contributed by atoms with van der Waals surface area (Å²) in [5.41, 5.74) is 0. The molecule has 2 rings (SSSR count). The van der Waals surface area contributed by atoms with E-state index >= 15 is 0 Å². The Morgan fingerprint density at radius 2 is 2.56 bits per heavy atom. The topological polar surface area (TPSA) is 21.3 Å². The van der Waals surface area contributed by atoms with Crippen molar-refractivity contribution in [1.82, 2.24) is 5.32 Å². The standard InChI is InChI=1S/C13H19NOS/c1-11(9-13-6-4-8-16-13)14-10-12-5-2-3-7-15-12/h3-4,6-8,11-12,14H,2,5,9-10H2,1H3. The van der Waals surface area contributed by atoms with Crippen LogP contribution in [0.25, 0.3) is 0 Å². The fraction of sp³-hybridized carbons (Fsp3) is 0.538. The zero-order chi connectivity index (χ0) is 11.2. The van der Waals surface area contributed by atoms with E-state index in [1.807, 2.05) is 17.6 Å². The molecule has 0 radical (unpaired) electrons. The highest BCUT2D eigenvalue weighted by molar-refractivity contribution is 7.09. The monoisotopic (exact) mass is 237 g/mol. The van der Waals surface area contributed by atoms with Crippen molar-refractivity contribution in [3.05, 3.63) is 34.7 Å². The van der Waals surface area contributed by atoms with Crippen molar-refractivity contribution in [3.8, 4) is 0 Å². The number of nitrogens with one attached hydrogen (secondary N) is 1. The molecule has 1 aromatic heterocycles. The molecule has 16 heavy (non-hydrogen) atoms. The summed E-state index contributed by atoms with van der Waals surface area (Å²) in [7, 11) is 0. The van der Waals surface area contributed by atoms with Crippen LogP contribution in [0.5, 0.6) is 0 Å². The van der Waals surface area contributed by atoms with Gasteiger partial charge >= 0.3 is 0 Å². The van der Waals surface area contributed by atoms with E-state index in [1.165, 1.54) is 4.88 Å². The number of hydrogen-bond acceptors (Lipinski definition) is 3. The van der Waals surface area contributed by atoms with Crippen molar-refractivity contribution in [2.75, 3.05) is 6.54 Å². The lowest BCUT2D eigenvalue weighted by atomic mass is 10.1. The first-order valence-corrected chi connectivity index (χ1v) is 6.79. The van der Waals surface area contributed by atoms with Crippen LogP contribution in [0.2, 0.25) is 0 Å². The molecule has 1 aliphatic heterocycles. The van der Waals surface area contributed by atoms with Gasteiger partial charge in [0.2, 0.25) is 0 Å². The summed E-state index contributed by atoms with van der Waals surface area (Å²) in [4.78, 5) is 1.45. The lowest BCUT2D eigenvalue weighted by Gasteiger charge is -2.22. The minimum absolute atomic E-state index is 0.357. The summed E-state index contributed by atoms with van der Waals surface area (Å²) >= 11 is 1.83. The summed E-state index contributed by atoms with van der Waals surface area (Å²) in [5, 5.41) is 5.67. The van der Waals surface area contributed by atoms with Gasteiger partial charge in [0.1, 0.15) is 6.10 Å². The van der Waals surface area contributed by atoms with Crippen LogP contribution >= 0.6 is 11.3 Å². The first-order valence-electron chi connectivity index (χ1n) is 5.91. The van der Waals surface area contributed by atoms with Crippen LogP contribution in [-0.4, -0.2) is 18.7 Å². The van der Waals surface area contributed by atoms with Gasteiger partial charge in [-0.15, -0.1) is 11.3 Å². The zero-order valence-corrected chi connectivity index (χ0v) is 10.5. The van der Waals surface area contributed by atoms with Crippen LogP contribution in [0, 0.1) is 0 Å². The molecule has 2 unspecified atom stereocenters. The SMILES string of the molecule is CC(Cc1cccs1)NCC1CCC=CO1. The molecule has 1 aromatic rings. The summed E-state index contributed by atoms with van der Waals surface area (Å²) < 4.78 is 5.52. The smallest absolute Gasteiger partial charge is 0.110 e. The Labute approximate surface area is 101 Å². The summed E-state index contributed by atoms with van der Waals surface area (Å²) in [5.74, 6) is 0. The van der Waals surface area contributed by atoms with E-state index < -0.39 is 0 Å². The second-order valence-corrected chi connectivity index (χ2v) is 5.33. The molecule has 0 aromatic carbocycles. The van der Waals surface area contributed by atoms with Crippen LogP contribution in [-0.2, 0) is 11.2 Å². The van der Waals surface area contributed by atoms with Crippen molar-refractivity contribution < 1.29 is 4.74 Å². The average molecular weight is 237 g/mol. The van der Waals surface area contributed by atoms with Crippen molar-refractivity contribution in [2.45, 2.75) is 38.3 Å². The minimum Gasteiger partial charge on any atom is -0.497 e. The molecular formula is C13H19NOS. The van der Waals surface area contributed by atoms with Crippen LogP contribution in [0.15, 0.2) is 29.9 Å². The minimum atomic E-state index is 0.357. The van der Waals surface area contributed by atoms with Crippen LogP contribution in [0.1, 0.15) is 24.6 Å². The van der Waals surface area contributed by atoms with E-state index in [4.69, 9.17) is 4.74 Å². The fourth-order valence-corrected chi connectivity index (χ4v) is 2.71. The van der Waals surface area contributed by atoms with Gasteiger partial charge in [0, 0.05) is 17.5 Å². The van der Waals surface area contributed by atoms with Gasteiger partial charge in [-0.05, 0) is 43.7 Å². The van der Waals surface area contributed by atoms with Gasteiger partial charge in [0.25, 0.3) is 0 Å². The molecule has 2 nitrogen and oxygen atoms in total. The van der Waals surface area contributed by atoms with E-state index in [1.54, 1.807) is 0 Å². The van der Waals surface area contributed by atoms with Crippen LogP contribution in [0.3, 0.4) is 0 Å². The zero-order valence-electron chi connectivity index (χ0n) is 9.69. The molecule has 0 fully saturated rings.